The molecule has 4 heteroatoms. The minimum Gasteiger partial charge on any atom is -0.309 e. The van der Waals surface area contributed by atoms with Gasteiger partial charge in [0.15, 0.2) is 0 Å². The number of hydrogen-bond acceptors (Lipinski definition) is 2. The lowest BCUT2D eigenvalue weighted by atomic mass is 9.99. The summed E-state index contributed by atoms with van der Waals surface area (Å²) in [5.41, 5.74) is 7.11. The van der Waals surface area contributed by atoms with Crippen LogP contribution in [0.25, 0.3) is 27.7 Å². The van der Waals surface area contributed by atoms with Crippen molar-refractivity contribution in [2.45, 2.75) is 32.7 Å². The summed E-state index contributed by atoms with van der Waals surface area (Å²) in [5, 5.41) is 0. The van der Waals surface area contributed by atoms with Crippen LogP contribution in [0.3, 0.4) is 0 Å². The molecule has 3 heterocycles. The molecule has 0 radical (unpaired) electrons. The van der Waals surface area contributed by atoms with Gasteiger partial charge in [0.25, 0.3) is 5.56 Å². The van der Waals surface area contributed by atoms with E-state index in [2.05, 4.69) is 37.0 Å². The maximum atomic E-state index is 13.3. The van der Waals surface area contributed by atoms with Crippen molar-refractivity contribution in [3.63, 3.8) is 0 Å². The summed E-state index contributed by atoms with van der Waals surface area (Å²) in [5.74, 6) is 0. The topological polar surface area (TPSA) is 39.3 Å². The summed E-state index contributed by atoms with van der Waals surface area (Å²) < 4.78 is 3.89. The molecular weight excluding hydrogens is 310 g/mol. The molecule has 5 rings (SSSR count). The minimum atomic E-state index is 0.0815. The lowest BCUT2D eigenvalue weighted by Crippen LogP contribution is -2.20. The molecule has 0 spiro atoms. The van der Waals surface area contributed by atoms with E-state index in [1.54, 1.807) is 6.20 Å². The molecule has 0 saturated heterocycles. The van der Waals surface area contributed by atoms with Crippen LogP contribution in [-0.2, 0) is 0 Å². The van der Waals surface area contributed by atoms with E-state index in [0.29, 0.717) is 6.04 Å². The van der Waals surface area contributed by atoms with Gasteiger partial charge in [0.1, 0.15) is 5.52 Å². The van der Waals surface area contributed by atoms with E-state index in [4.69, 9.17) is 0 Å². The van der Waals surface area contributed by atoms with Crippen molar-refractivity contribution in [1.29, 1.82) is 0 Å². The quantitative estimate of drug-likeness (QED) is 0.551. The molecule has 0 N–H and O–H groups in total. The minimum absolute atomic E-state index is 0.0815. The number of rotatable bonds is 2. The second-order valence-electron chi connectivity index (χ2n) is 7.02. The first-order valence-corrected chi connectivity index (χ1v) is 8.72. The third-order valence-corrected chi connectivity index (χ3v) is 5.17. The van der Waals surface area contributed by atoms with Gasteiger partial charge in [0, 0.05) is 30.2 Å². The Bertz CT molecular complexity index is 1200. The first-order chi connectivity index (χ1) is 12.1. The highest BCUT2D eigenvalue weighted by atomic mass is 16.1. The molecule has 0 unspecified atom stereocenters. The average molecular weight is 329 g/mol. The molecule has 1 saturated carbocycles. The molecular formula is C21H19N3O. The zero-order valence-electron chi connectivity index (χ0n) is 14.4. The van der Waals surface area contributed by atoms with Crippen LogP contribution in [0.5, 0.6) is 0 Å². The molecule has 1 aliphatic rings. The number of aryl methyl sites for hydroxylation is 2. The number of aromatic nitrogens is 3. The van der Waals surface area contributed by atoms with E-state index in [1.807, 2.05) is 33.5 Å². The Morgan fingerprint density at radius 2 is 1.96 bits per heavy atom. The second kappa shape index (κ2) is 5.06. The van der Waals surface area contributed by atoms with Crippen LogP contribution in [0.2, 0.25) is 0 Å². The third-order valence-electron chi connectivity index (χ3n) is 5.17. The van der Waals surface area contributed by atoms with Crippen molar-refractivity contribution >= 4 is 16.6 Å². The van der Waals surface area contributed by atoms with E-state index in [9.17, 15) is 4.79 Å². The monoisotopic (exact) mass is 329 g/mol. The number of hydrogen-bond donors (Lipinski definition) is 0. The van der Waals surface area contributed by atoms with Gasteiger partial charge in [-0.3, -0.25) is 9.78 Å². The molecule has 3 aromatic heterocycles. The van der Waals surface area contributed by atoms with Crippen molar-refractivity contribution in [2.75, 3.05) is 0 Å². The van der Waals surface area contributed by atoms with Gasteiger partial charge < -0.3 is 8.97 Å². The van der Waals surface area contributed by atoms with Crippen molar-refractivity contribution in [3.05, 3.63) is 70.4 Å². The standard InChI is InChI=1S/C21H19N3O/c1-13-5-8-16(14(2)12-13)18-19-17(4-3-9-22-19)24-11-10-23(15-6-7-15)21(25)20(18)24/h3-5,8-12,15H,6-7H2,1-2H3. The Hall–Kier alpha value is -2.88. The van der Waals surface area contributed by atoms with E-state index in [1.165, 1.54) is 11.1 Å². The highest BCUT2D eigenvalue weighted by Gasteiger charge is 2.27. The number of pyridine rings is 1. The summed E-state index contributed by atoms with van der Waals surface area (Å²) in [6.45, 7) is 4.19. The Morgan fingerprint density at radius 3 is 2.72 bits per heavy atom. The first kappa shape index (κ1) is 14.5. The molecule has 1 fully saturated rings. The van der Waals surface area contributed by atoms with Crippen LogP contribution in [0, 0.1) is 13.8 Å². The van der Waals surface area contributed by atoms with Gasteiger partial charge >= 0.3 is 0 Å². The molecule has 0 aliphatic heterocycles. The fraction of sp³-hybridized carbons (Fsp3) is 0.238. The van der Waals surface area contributed by atoms with Crippen molar-refractivity contribution in [1.82, 2.24) is 14.0 Å². The van der Waals surface area contributed by atoms with Crippen molar-refractivity contribution in [2.24, 2.45) is 0 Å². The predicted molar refractivity (Wildman–Crippen MR) is 100 cm³/mol. The van der Waals surface area contributed by atoms with E-state index >= 15 is 0 Å². The number of nitrogens with zero attached hydrogens (tertiary/aromatic N) is 3. The summed E-state index contributed by atoms with van der Waals surface area (Å²) in [7, 11) is 0. The summed E-state index contributed by atoms with van der Waals surface area (Å²) in [6.07, 6.45) is 7.91. The van der Waals surface area contributed by atoms with Crippen LogP contribution >= 0.6 is 0 Å². The molecule has 0 atom stereocenters. The zero-order chi connectivity index (χ0) is 17.1. The molecule has 25 heavy (non-hydrogen) atoms. The maximum absolute atomic E-state index is 13.3. The van der Waals surface area contributed by atoms with Gasteiger partial charge in [-0.1, -0.05) is 23.8 Å². The molecule has 0 amide bonds. The summed E-state index contributed by atoms with van der Waals surface area (Å²) in [4.78, 5) is 17.9. The van der Waals surface area contributed by atoms with E-state index < -0.39 is 0 Å². The SMILES string of the molecule is Cc1ccc(-c2c3ncccc3n3ccn(C4CC4)c(=O)c23)c(C)c1. The Balaban J connectivity index is 1.98. The average Bonchev–Trinajstić information content (AvgIpc) is 3.38. The van der Waals surface area contributed by atoms with Crippen LogP contribution in [-0.4, -0.2) is 14.0 Å². The Kier molecular flexibility index (Phi) is 2.93. The second-order valence-corrected chi connectivity index (χ2v) is 7.02. The fourth-order valence-electron chi connectivity index (χ4n) is 3.82. The summed E-state index contributed by atoms with van der Waals surface area (Å²) in [6, 6.07) is 10.7. The molecule has 1 aliphatic carbocycles. The molecule has 124 valence electrons. The lowest BCUT2D eigenvalue weighted by molar-refractivity contribution is 0.704. The normalized spacial score (nSPS) is 14.5. The largest absolute Gasteiger partial charge is 0.309 e. The number of benzene rings is 1. The maximum Gasteiger partial charge on any atom is 0.275 e. The molecule has 4 nitrogen and oxygen atoms in total. The highest BCUT2D eigenvalue weighted by molar-refractivity contribution is 6.03. The van der Waals surface area contributed by atoms with Gasteiger partial charge in [-0.15, -0.1) is 0 Å². The van der Waals surface area contributed by atoms with Gasteiger partial charge in [-0.25, -0.2) is 0 Å². The molecule has 1 aromatic carbocycles. The van der Waals surface area contributed by atoms with Gasteiger partial charge in [-0.2, -0.15) is 0 Å². The van der Waals surface area contributed by atoms with Crippen LogP contribution in [0.1, 0.15) is 30.0 Å². The third kappa shape index (κ3) is 2.07. The van der Waals surface area contributed by atoms with Crippen molar-refractivity contribution in [3.8, 4) is 11.1 Å². The fourth-order valence-corrected chi connectivity index (χ4v) is 3.82. The predicted octanol–water partition coefficient (Wildman–Crippen LogP) is 4.27. The van der Waals surface area contributed by atoms with Gasteiger partial charge in [-0.05, 0) is 49.9 Å². The van der Waals surface area contributed by atoms with Crippen LogP contribution < -0.4 is 5.56 Å². The van der Waals surface area contributed by atoms with E-state index in [-0.39, 0.29) is 5.56 Å². The van der Waals surface area contributed by atoms with Crippen LogP contribution in [0.15, 0.2) is 53.7 Å². The van der Waals surface area contributed by atoms with E-state index in [0.717, 1.165) is 40.5 Å². The lowest BCUT2D eigenvalue weighted by Gasteiger charge is -2.08. The molecule has 4 aromatic rings. The van der Waals surface area contributed by atoms with Gasteiger partial charge in [0.05, 0.1) is 11.0 Å². The van der Waals surface area contributed by atoms with Crippen LogP contribution in [0.4, 0.5) is 0 Å². The molecule has 0 bridgehead atoms. The smallest absolute Gasteiger partial charge is 0.275 e. The summed E-state index contributed by atoms with van der Waals surface area (Å²) >= 11 is 0. The zero-order valence-corrected chi connectivity index (χ0v) is 14.4. The van der Waals surface area contributed by atoms with Crippen molar-refractivity contribution < 1.29 is 0 Å². The Morgan fingerprint density at radius 1 is 1.12 bits per heavy atom. The Labute approximate surface area is 145 Å². The highest BCUT2D eigenvalue weighted by Crippen LogP contribution is 2.37. The number of fused-ring (bicyclic) bond motifs is 3. The van der Waals surface area contributed by atoms with Gasteiger partial charge in [0.2, 0.25) is 0 Å². The first-order valence-electron chi connectivity index (χ1n) is 8.72.